The molecule has 1 aliphatic carbocycles. The second kappa shape index (κ2) is 2.47. The highest BCUT2D eigenvalue weighted by atomic mass is 15.2. The zero-order chi connectivity index (χ0) is 8.93. The fourth-order valence-electron chi connectivity index (χ4n) is 2.80. The summed E-state index contributed by atoms with van der Waals surface area (Å²) in [5.74, 6) is 3.21. The molecule has 1 saturated heterocycles. The molecule has 2 rings (SSSR count). The van der Waals surface area contributed by atoms with Gasteiger partial charge in [0.05, 0.1) is 0 Å². The first-order chi connectivity index (χ1) is 5.54. The molecule has 0 spiro atoms. The van der Waals surface area contributed by atoms with Crippen molar-refractivity contribution in [3.8, 4) is 0 Å². The Hall–Kier alpha value is -0.0400. The lowest BCUT2D eigenvalue weighted by Gasteiger charge is -2.33. The summed E-state index contributed by atoms with van der Waals surface area (Å²) in [5.41, 5.74) is 0.408. The van der Waals surface area contributed by atoms with Gasteiger partial charge in [0.15, 0.2) is 0 Å². The monoisotopic (exact) mass is 167 g/mol. The number of likely N-dealkylation sites (tertiary alicyclic amines) is 1. The van der Waals surface area contributed by atoms with E-state index >= 15 is 0 Å². The van der Waals surface area contributed by atoms with Crippen LogP contribution in [0.5, 0.6) is 0 Å². The fourth-order valence-corrected chi connectivity index (χ4v) is 2.80. The van der Waals surface area contributed by atoms with Crippen molar-refractivity contribution >= 4 is 0 Å². The maximum atomic E-state index is 2.65. The second-order valence-corrected chi connectivity index (χ2v) is 5.48. The van der Waals surface area contributed by atoms with Gasteiger partial charge in [-0.05, 0) is 38.5 Å². The molecule has 2 aliphatic rings. The van der Waals surface area contributed by atoms with E-state index in [4.69, 9.17) is 0 Å². The molecule has 1 nitrogen and oxygen atoms in total. The van der Waals surface area contributed by atoms with Crippen LogP contribution in [0.3, 0.4) is 0 Å². The van der Waals surface area contributed by atoms with Crippen molar-refractivity contribution in [1.82, 2.24) is 4.90 Å². The second-order valence-electron chi connectivity index (χ2n) is 5.48. The fraction of sp³-hybridized carbons (Fsp3) is 1.00. The molecule has 1 heteroatoms. The lowest BCUT2D eigenvalue weighted by molar-refractivity contribution is 0.146. The Morgan fingerprint density at radius 2 is 1.67 bits per heavy atom. The lowest BCUT2D eigenvalue weighted by Crippen LogP contribution is -2.41. The Kier molecular flexibility index (Phi) is 1.76. The summed E-state index contributed by atoms with van der Waals surface area (Å²) in [5, 5.41) is 0. The van der Waals surface area contributed by atoms with E-state index in [0.717, 1.165) is 17.8 Å². The summed E-state index contributed by atoms with van der Waals surface area (Å²) in [6.07, 6.45) is 1.41. The van der Waals surface area contributed by atoms with Crippen molar-refractivity contribution < 1.29 is 0 Å². The van der Waals surface area contributed by atoms with Crippen LogP contribution in [0.25, 0.3) is 0 Å². The largest absolute Gasteiger partial charge is 0.298 e. The maximum absolute atomic E-state index is 2.65. The van der Waals surface area contributed by atoms with Crippen LogP contribution >= 0.6 is 0 Å². The van der Waals surface area contributed by atoms with Crippen LogP contribution < -0.4 is 0 Å². The quantitative estimate of drug-likeness (QED) is 0.579. The highest BCUT2D eigenvalue weighted by Gasteiger charge is 2.55. The summed E-state index contributed by atoms with van der Waals surface area (Å²) in [6.45, 7) is 12.1. The van der Waals surface area contributed by atoms with E-state index < -0.39 is 0 Å². The molecule has 3 atom stereocenters. The molecule has 0 radical (unpaired) electrons. The van der Waals surface area contributed by atoms with Gasteiger partial charge in [-0.1, -0.05) is 13.3 Å². The highest BCUT2D eigenvalue weighted by molar-refractivity contribution is 5.06. The minimum Gasteiger partial charge on any atom is -0.298 e. The number of hydrogen-bond acceptors (Lipinski definition) is 1. The zero-order valence-corrected chi connectivity index (χ0v) is 8.80. The summed E-state index contributed by atoms with van der Waals surface area (Å²) in [4.78, 5) is 2.65. The molecular weight excluding hydrogens is 146 g/mol. The minimum atomic E-state index is 0.408. The first-order valence-corrected chi connectivity index (χ1v) is 5.29. The molecule has 2 fully saturated rings. The average Bonchev–Trinajstić information content (AvgIpc) is 2.39. The van der Waals surface area contributed by atoms with Crippen LogP contribution in [0.1, 0.15) is 34.1 Å². The van der Waals surface area contributed by atoms with Gasteiger partial charge >= 0.3 is 0 Å². The standard InChI is InChI=1S/C11H21N/c1-5-8-9-6-12(7-10(8)9)11(2,3)4/h8-10H,5-7H2,1-4H3/t8-,9-,10+. The third-order valence-electron chi connectivity index (χ3n) is 3.79. The molecule has 0 aromatic carbocycles. The van der Waals surface area contributed by atoms with Gasteiger partial charge in [-0.2, -0.15) is 0 Å². The molecule has 70 valence electrons. The van der Waals surface area contributed by atoms with Crippen LogP contribution in [-0.2, 0) is 0 Å². The Balaban J connectivity index is 1.90. The van der Waals surface area contributed by atoms with Crippen molar-refractivity contribution in [3.05, 3.63) is 0 Å². The normalized spacial score (nSPS) is 41.5. The van der Waals surface area contributed by atoms with E-state index in [1.165, 1.54) is 19.5 Å². The van der Waals surface area contributed by atoms with Gasteiger partial charge in [0.2, 0.25) is 0 Å². The van der Waals surface area contributed by atoms with E-state index in [-0.39, 0.29) is 0 Å². The lowest BCUT2D eigenvalue weighted by atomic mass is 10.1. The van der Waals surface area contributed by atoms with Gasteiger partial charge in [0, 0.05) is 18.6 Å². The van der Waals surface area contributed by atoms with Crippen molar-refractivity contribution in [2.75, 3.05) is 13.1 Å². The number of fused-ring (bicyclic) bond motifs is 1. The van der Waals surface area contributed by atoms with Gasteiger partial charge in [0.1, 0.15) is 0 Å². The Morgan fingerprint density at radius 1 is 1.17 bits per heavy atom. The van der Waals surface area contributed by atoms with Crippen molar-refractivity contribution in [3.63, 3.8) is 0 Å². The van der Waals surface area contributed by atoms with Gasteiger partial charge in [0.25, 0.3) is 0 Å². The molecule has 1 heterocycles. The van der Waals surface area contributed by atoms with Crippen LogP contribution in [0, 0.1) is 17.8 Å². The summed E-state index contributed by atoms with van der Waals surface area (Å²) in [7, 11) is 0. The molecule has 0 bridgehead atoms. The van der Waals surface area contributed by atoms with Gasteiger partial charge in [-0.25, -0.2) is 0 Å². The Bertz CT molecular complexity index is 168. The Labute approximate surface area is 76.1 Å². The third-order valence-corrected chi connectivity index (χ3v) is 3.79. The SMILES string of the molecule is CC[C@@H]1[C@H]2CN(C(C)(C)C)C[C@@H]12. The smallest absolute Gasteiger partial charge is 0.0125 e. The van der Waals surface area contributed by atoms with Crippen LogP contribution in [-0.4, -0.2) is 23.5 Å². The predicted octanol–water partition coefficient (Wildman–Crippen LogP) is 2.37. The van der Waals surface area contributed by atoms with E-state index in [9.17, 15) is 0 Å². The number of nitrogens with zero attached hydrogens (tertiary/aromatic N) is 1. The predicted molar refractivity (Wildman–Crippen MR) is 52.1 cm³/mol. The molecule has 0 N–H and O–H groups in total. The zero-order valence-electron chi connectivity index (χ0n) is 8.80. The van der Waals surface area contributed by atoms with Crippen molar-refractivity contribution in [2.24, 2.45) is 17.8 Å². The van der Waals surface area contributed by atoms with E-state index in [1.54, 1.807) is 0 Å². The highest BCUT2D eigenvalue weighted by Crippen LogP contribution is 2.54. The van der Waals surface area contributed by atoms with Gasteiger partial charge < -0.3 is 0 Å². The first kappa shape index (κ1) is 8.55. The molecule has 0 aromatic heterocycles. The van der Waals surface area contributed by atoms with Crippen molar-refractivity contribution in [1.29, 1.82) is 0 Å². The summed E-state index contributed by atoms with van der Waals surface area (Å²) < 4.78 is 0. The average molecular weight is 167 g/mol. The van der Waals surface area contributed by atoms with E-state index in [2.05, 4.69) is 32.6 Å². The van der Waals surface area contributed by atoms with Crippen LogP contribution in [0.15, 0.2) is 0 Å². The molecule has 0 unspecified atom stereocenters. The van der Waals surface area contributed by atoms with Gasteiger partial charge in [-0.3, -0.25) is 4.90 Å². The molecule has 0 aromatic rings. The first-order valence-electron chi connectivity index (χ1n) is 5.29. The number of hydrogen-bond donors (Lipinski definition) is 0. The molecular formula is C11H21N. The van der Waals surface area contributed by atoms with Crippen LogP contribution in [0.2, 0.25) is 0 Å². The number of rotatable bonds is 1. The summed E-state index contributed by atoms with van der Waals surface area (Å²) >= 11 is 0. The molecule has 1 saturated carbocycles. The number of piperidine rings is 1. The topological polar surface area (TPSA) is 3.24 Å². The van der Waals surface area contributed by atoms with E-state index in [1.807, 2.05) is 0 Å². The molecule has 12 heavy (non-hydrogen) atoms. The van der Waals surface area contributed by atoms with Crippen molar-refractivity contribution in [2.45, 2.75) is 39.7 Å². The molecule has 1 aliphatic heterocycles. The maximum Gasteiger partial charge on any atom is 0.0125 e. The molecule has 0 amide bonds. The van der Waals surface area contributed by atoms with E-state index in [0.29, 0.717) is 5.54 Å². The summed E-state index contributed by atoms with van der Waals surface area (Å²) in [6, 6.07) is 0. The van der Waals surface area contributed by atoms with Gasteiger partial charge in [-0.15, -0.1) is 0 Å². The Morgan fingerprint density at radius 3 is 2.00 bits per heavy atom. The third kappa shape index (κ3) is 1.19. The minimum absolute atomic E-state index is 0.408. The van der Waals surface area contributed by atoms with Crippen LogP contribution in [0.4, 0.5) is 0 Å².